The number of rotatable bonds is 1. The van der Waals surface area contributed by atoms with Crippen LogP contribution in [0.3, 0.4) is 0 Å². The van der Waals surface area contributed by atoms with Crippen LogP contribution in [0, 0.1) is 11.8 Å². The number of carbonyl (C=O) groups is 1. The van der Waals surface area contributed by atoms with Crippen molar-refractivity contribution in [3.05, 3.63) is 41.0 Å². The van der Waals surface area contributed by atoms with Crippen LogP contribution in [-0.4, -0.2) is 15.9 Å². The molecule has 2 aromatic rings. The Bertz CT molecular complexity index is 658. The number of carbonyl (C=O) groups excluding carboxylic acids is 1. The molecule has 0 atom stereocenters. The Kier molecular flexibility index (Phi) is 4.24. The standard InChI is InChI=1S/C14H10ClNOS/c1-10(17)18-8-2-3-11-4-5-14-12(9-11)13(15)6-7-16-14/h4-7,9H,8H2,1H3. The molecule has 0 bridgehead atoms. The molecule has 0 radical (unpaired) electrons. The normalized spacial score (nSPS) is 9.89. The summed E-state index contributed by atoms with van der Waals surface area (Å²) in [6, 6.07) is 7.46. The van der Waals surface area contributed by atoms with E-state index < -0.39 is 0 Å². The van der Waals surface area contributed by atoms with E-state index in [1.54, 1.807) is 12.3 Å². The van der Waals surface area contributed by atoms with E-state index in [-0.39, 0.29) is 5.12 Å². The Morgan fingerprint density at radius 1 is 1.44 bits per heavy atom. The SMILES string of the molecule is CC(=O)SCC#Cc1ccc2nccc(Cl)c2c1. The van der Waals surface area contributed by atoms with Crippen molar-refractivity contribution in [2.24, 2.45) is 0 Å². The van der Waals surface area contributed by atoms with Crippen LogP contribution >= 0.6 is 23.4 Å². The van der Waals surface area contributed by atoms with Gasteiger partial charge in [-0.1, -0.05) is 35.2 Å². The highest BCUT2D eigenvalue weighted by atomic mass is 35.5. The molecule has 0 saturated carbocycles. The van der Waals surface area contributed by atoms with Crippen LogP contribution in [0.4, 0.5) is 0 Å². The summed E-state index contributed by atoms with van der Waals surface area (Å²) in [5.41, 5.74) is 1.73. The van der Waals surface area contributed by atoms with Gasteiger partial charge in [-0.3, -0.25) is 9.78 Å². The number of thioether (sulfide) groups is 1. The highest BCUT2D eigenvalue weighted by molar-refractivity contribution is 8.13. The van der Waals surface area contributed by atoms with Crippen LogP contribution in [0.25, 0.3) is 10.9 Å². The Labute approximate surface area is 115 Å². The number of fused-ring (bicyclic) bond motifs is 1. The molecule has 0 amide bonds. The zero-order chi connectivity index (χ0) is 13.0. The van der Waals surface area contributed by atoms with E-state index in [1.807, 2.05) is 18.2 Å². The number of pyridine rings is 1. The molecule has 0 aliphatic heterocycles. The third-order valence-electron chi connectivity index (χ3n) is 2.27. The second kappa shape index (κ2) is 5.90. The molecule has 1 aromatic carbocycles. The molecule has 0 spiro atoms. The van der Waals surface area contributed by atoms with Gasteiger partial charge in [-0.2, -0.15) is 0 Å². The van der Waals surface area contributed by atoms with Crippen LogP contribution in [0.15, 0.2) is 30.5 Å². The Balaban J connectivity index is 2.24. The van der Waals surface area contributed by atoms with Gasteiger partial charge in [0.1, 0.15) is 0 Å². The predicted molar refractivity (Wildman–Crippen MR) is 76.8 cm³/mol. The van der Waals surface area contributed by atoms with Crippen molar-refractivity contribution >= 4 is 39.4 Å². The van der Waals surface area contributed by atoms with E-state index >= 15 is 0 Å². The maximum Gasteiger partial charge on any atom is 0.186 e. The number of hydrogen-bond acceptors (Lipinski definition) is 3. The molecule has 0 aliphatic rings. The fraction of sp³-hybridized carbons (Fsp3) is 0.143. The molecular formula is C14H10ClNOS. The van der Waals surface area contributed by atoms with E-state index in [4.69, 9.17) is 11.6 Å². The maximum atomic E-state index is 10.7. The lowest BCUT2D eigenvalue weighted by Crippen LogP contribution is -1.83. The van der Waals surface area contributed by atoms with Gasteiger partial charge in [0.2, 0.25) is 0 Å². The van der Waals surface area contributed by atoms with Crippen LogP contribution in [0.5, 0.6) is 0 Å². The van der Waals surface area contributed by atoms with E-state index in [1.165, 1.54) is 18.7 Å². The number of hydrogen-bond donors (Lipinski definition) is 0. The van der Waals surface area contributed by atoms with Crippen molar-refractivity contribution in [2.75, 3.05) is 5.75 Å². The summed E-state index contributed by atoms with van der Waals surface area (Å²) in [4.78, 5) is 15.0. The summed E-state index contributed by atoms with van der Waals surface area (Å²) >= 11 is 7.30. The van der Waals surface area contributed by atoms with Crippen LogP contribution in [0.2, 0.25) is 5.02 Å². The lowest BCUT2D eigenvalue weighted by atomic mass is 10.1. The fourth-order valence-electron chi connectivity index (χ4n) is 1.47. The van der Waals surface area contributed by atoms with Gasteiger partial charge in [-0.25, -0.2) is 0 Å². The smallest absolute Gasteiger partial charge is 0.186 e. The first kappa shape index (κ1) is 12.9. The van der Waals surface area contributed by atoms with E-state index in [0.717, 1.165) is 16.5 Å². The van der Waals surface area contributed by atoms with Gasteiger partial charge in [0, 0.05) is 24.1 Å². The monoisotopic (exact) mass is 275 g/mol. The van der Waals surface area contributed by atoms with Gasteiger partial charge in [0.15, 0.2) is 5.12 Å². The summed E-state index contributed by atoms with van der Waals surface area (Å²) in [6.45, 7) is 1.54. The second-order valence-corrected chi connectivity index (χ2v) is 5.17. The zero-order valence-corrected chi connectivity index (χ0v) is 11.3. The molecule has 18 heavy (non-hydrogen) atoms. The highest BCUT2D eigenvalue weighted by Crippen LogP contribution is 2.22. The first-order valence-electron chi connectivity index (χ1n) is 5.33. The zero-order valence-electron chi connectivity index (χ0n) is 9.74. The summed E-state index contributed by atoms with van der Waals surface area (Å²) < 4.78 is 0. The van der Waals surface area contributed by atoms with Crippen molar-refractivity contribution in [1.29, 1.82) is 0 Å². The predicted octanol–water partition coefficient (Wildman–Crippen LogP) is 3.52. The quantitative estimate of drug-likeness (QED) is 0.746. The molecule has 2 rings (SSSR count). The Morgan fingerprint density at radius 3 is 3.06 bits per heavy atom. The second-order valence-electron chi connectivity index (χ2n) is 3.61. The molecule has 0 unspecified atom stereocenters. The van der Waals surface area contributed by atoms with E-state index in [2.05, 4.69) is 16.8 Å². The molecule has 90 valence electrons. The lowest BCUT2D eigenvalue weighted by molar-refractivity contribution is -0.109. The number of aromatic nitrogens is 1. The highest BCUT2D eigenvalue weighted by Gasteiger charge is 1.99. The third kappa shape index (κ3) is 3.25. The molecule has 0 N–H and O–H groups in total. The average molecular weight is 276 g/mol. The van der Waals surface area contributed by atoms with Gasteiger partial charge in [-0.15, -0.1) is 0 Å². The molecule has 2 nitrogen and oxygen atoms in total. The van der Waals surface area contributed by atoms with Crippen molar-refractivity contribution in [2.45, 2.75) is 6.92 Å². The van der Waals surface area contributed by atoms with Crippen molar-refractivity contribution in [3.8, 4) is 11.8 Å². The summed E-state index contributed by atoms with van der Waals surface area (Å²) in [5, 5.41) is 1.64. The Morgan fingerprint density at radius 2 is 2.28 bits per heavy atom. The van der Waals surface area contributed by atoms with Crippen LogP contribution in [-0.2, 0) is 4.79 Å². The minimum absolute atomic E-state index is 0.0788. The average Bonchev–Trinajstić information content (AvgIpc) is 2.35. The van der Waals surface area contributed by atoms with E-state index in [9.17, 15) is 4.79 Å². The van der Waals surface area contributed by atoms with Gasteiger partial charge in [0.05, 0.1) is 16.3 Å². The van der Waals surface area contributed by atoms with Crippen molar-refractivity contribution in [3.63, 3.8) is 0 Å². The largest absolute Gasteiger partial charge is 0.288 e. The van der Waals surface area contributed by atoms with Crippen LogP contribution in [0.1, 0.15) is 12.5 Å². The van der Waals surface area contributed by atoms with Gasteiger partial charge < -0.3 is 0 Å². The van der Waals surface area contributed by atoms with Crippen LogP contribution < -0.4 is 0 Å². The lowest BCUT2D eigenvalue weighted by Gasteiger charge is -1.99. The summed E-state index contributed by atoms with van der Waals surface area (Å²) in [7, 11) is 0. The van der Waals surface area contributed by atoms with Crippen molar-refractivity contribution < 1.29 is 4.79 Å². The van der Waals surface area contributed by atoms with E-state index in [0.29, 0.717) is 10.8 Å². The number of halogens is 1. The molecular weight excluding hydrogens is 266 g/mol. The Hall–Kier alpha value is -1.50. The molecule has 1 aromatic heterocycles. The minimum Gasteiger partial charge on any atom is -0.288 e. The fourth-order valence-corrected chi connectivity index (χ4v) is 2.02. The number of nitrogens with zero attached hydrogens (tertiary/aromatic N) is 1. The molecule has 0 saturated heterocycles. The molecule has 0 aliphatic carbocycles. The summed E-state index contributed by atoms with van der Waals surface area (Å²) in [6.07, 6.45) is 1.68. The molecule has 4 heteroatoms. The summed E-state index contributed by atoms with van der Waals surface area (Å²) in [5.74, 6) is 6.46. The first-order valence-corrected chi connectivity index (χ1v) is 6.69. The molecule has 1 heterocycles. The van der Waals surface area contributed by atoms with Gasteiger partial charge >= 0.3 is 0 Å². The maximum absolute atomic E-state index is 10.7. The first-order chi connectivity index (χ1) is 8.66. The third-order valence-corrected chi connectivity index (χ3v) is 3.29. The minimum atomic E-state index is 0.0788. The number of benzene rings is 1. The van der Waals surface area contributed by atoms with Gasteiger partial charge in [-0.05, 0) is 24.3 Å². The molecule has 0 fully saturated rings. The van der Waals surface area contributed by atoms with Gasteiger partial charge in [0.25, 0.3) is 0 Å². The van der Waals surface area contributed by atoms with Crippen molar-refractivity contribution in [1.82, 2.24) is 4.98 Å². The topological polar surface area (TPSA) is 30.0 Å².